The molecule has 0 aliphatic carbocycles. The summed E-state index contributed by atoms with van der Waals surface area (Å²) in [6, 6.07) is -0.597. The second-order valence-corrected chi connectivity index (χ2v) is 2.36. The van der Waals surface area contributed by atoms with Crippen LogP contribution < -0.4 is 5.32 Å². The topological polar surface area (TPSA) is 69.6 Å². The monoisotopic (exact) mass is 216 g/mol. The third kappa shape index (κ3) is 6.61. The van der Waals surface area contributed by atoms with Crippen molar-refractivity contribution in [2.24, 2.45) is 0 Å². The number of aliphatic hydroxyl groups is 1. The Morgan fingerprint density at radius 1 is 1.58 bits per heavy atom. The molecule has 3 N–H and O–H groups in total. The zero-order valence-corrected chi connectivity index (χ0v) is 8.27. The second kappa shape index (κ2) is 9.00. The second-order valence-electron chi connectivity index (χ2n) is 2.36. The average molecular weight is 216 g/mol. The summed E-state index contributed by atoms with van der Waals surface area (Å²) in [5.41, 5.74) is 0. The van der Waals surface area contributed by atoms with Crippen LogP contribution in [0, 0.1) is 0 Å². The summed E-state index contributed by atoms with van der Waals surface area (Å²) in [4.78, 5) is 10.4. The number of hydrogen-bond acceptors (Lipinski definition) is 3. The first-order valence-electron chi connectivity index (χ1n) is 3.79. The molecule has 1 atom stereocenters. The summed E-state index contributed by atoms with van der Waals surface area (Å²) in [7, 11) is 0. The largest absolute Gasteiger partial charge is 0.480 e. The van der Waals surface area contributed by atoms with Gasteiger partial charge >= 0.3 is 5.97 Å². The molecule has 0 fully saturated rings. The van der Waals surface area contributed by atoms with Crippen molar-refractivity contribution in [3.8, 4) is 0 Å². The molecule has 5 heteroatoms. The molecule has 4 nitrogen and oxygen atoms in total. The van der Waals surface area contributed by atoms with E-state index in [1.165, 1.54) is 0 Å². The maximum atomic E-state index is 10.4. The van der Waals surface area contributed by atoms with E-state index in [-0.39, 0.29) is 30.1 Å². The molecule has 0 aromatic rings. The molecule has 0 aromatic carbocycles. The van der Waals surface area contributed by atoms with Crippen molar-refractivity contribution in [2.75, 3.05) is 13.2 Å². The summed E-state index contributed by atoms with van der Waals surface area (Å²) in [6.07, 6.45) is 1.17. The molecule has 0 aromatic heterocycles. The zero-order chi connectivity index (χ0) is 8.69. The Kier molecular flexibility index (Phi) is 10.8. The Morgan fingerprint density at radius 3 is 2.50 bits per heavy atom. The van der Waals surface area contributed by atoms with Gasteiger partial charge in [0.15, 0.2) is 0 Å². The Morgan fingerprint density at radius 2 is 2.17 bits per heavy atom. The van der Waals surface area contributed by atoms with E-state index in [0.29, 0.717) is 6.54 Å². The SMILES string of the molecule is CCCN[C@@H](CCO)C(=O)O.[Mn]. The van der Waals surface area contributed by atoms with Crippen LogP contribution in [-0.2, 0) is 21.9 Å². The molecule has 0 bridgehead atoms. The molecule has 0 saturated carbocycles. The molecule has 0 unspecified atom stereocenters. The van der Waals surface area contributed by atoms with E-state index in [9.17, 15) is 4.79 Å². The number of aliphatic carboxylic acids is 1. The number of carboxylic acid groups (broad SMARTS) is 1. The molecular weight excluding hydrogens is 201 g/mol. The van der Waals surface area contributed by atoms with E-state index in [2.05, 4.69) is 5.32 Å². The first-order chi connectivity index (χ1) is 5.22. The molecule has 1 radical (unpaired) electrons. The van der Waals surface area contributed by atoms with Gasteiger partial charge in [-0.15, -0.1) is 0 Å². The summed E-state index contributed by atoms with van der Waals surface area (Å²) in [6.45, 7) is 2.55. The van der Waals surface area contributed by atoms with Gasteiger partial charge in [0.05, 0.1) is 0 Å². The van der Waals surface area contributed by atoms with Crippen molar-refractivity contribution in [1.29, 1.82) is 0 Å². The summed E-state index contributed by atoms with van der Waals surface area (Å²) in [5, 5.41) is 19.8. The maximum absolute atomic E-state index is 10.4. The summed E-state index contributed by atoms with van der Waals surface area (Å²) >= 11 is 0. The first kappa shape index (κ1) is 14.4. The summed E-state index contributed by atoms with van der Waals surface area (Å²) in [5.74, 6) is -0.896. The third-order valence-electron chi connectivity index (χ3n) is 1.36. The molecule has 12 heavy (non-hydrogen) atoms. The molecule has 0 heterocycles. The van der Waals surface area contributed by atoms with Crippen molar-refractivity contribution >= 4 is 5.97 Å². The quantitative estimate of drug-likeness (QED) is 0.539. The first-order valence-corrected chi connectivity index (χ1v) is 3.79. The van der Waals surface area contributed by atoms with Crippen molar-refractivity contribution in [3.05, 3.63) is 0 Å². The number of nitrogens with one attached hydrogen (secondary N) is 1. The smallest absolute Gasteiger partial charge is 0.320 e. The van der Waals surface area contributed by atoms with Crippen LogP contribution in [0.1, 0.15) is 19.8 Å². The minimum absolute atomic E-state index is 0. The molecule has 0 rings (SSSR count). The van der Waals surface area contributed by atoms with Crippen LogP contribution in [0.25, 0.3) is 0 Å². The Hall–Kier alpha value is -0.0905. The van der Waals surface area contributed by atoms with E-state index in [4.69, 9.17) is 10.2 Å². The Labute approximate surface area is 82.8 Å². The molecule has 0 spiro atoms. The fraction of sp³-hybridized carbons (Fsp3) is 0.857. The van der Waals surface area contributed by atoms with Crippen molar-refractivity contribution in [2.45, 2.75) is 25.8 Å². The number of rotatable bonds is 6. The van der Waals surface area contributed by atoms with Gasteiger partial charge in [-0.3, -0.25) is 4.79 Å². The molecule has 0 aliphatic rings. The van der Waals surface area contributed by atoms with Crippen LogP contribution in [0.3, 0.4) is 0 Å². The fourth-order valence-corrected chi connectivity index (χ4v) is 0.761. The van der Waals surface area contributed by atoms with Crippen LogP contribution in [0.5, 0.6) is 0 Å². The van der Waals surface area contributed by atoms with Crippen molar-refractivity contribution < 1.29 is 32.1 Å². The standard InChI is InChI=1S/C7H15NO3.Mn/c1-2-4-8-6(3-5-9)7(10)11;/h6,8-9H,2-5H2,1H3,(H,10,11);/t6-;/m0./s1. The summed E-state index contributed by atoms with van der Waals surface area (Å²) < 4.78 is 0. The van der Waals surface area contributed by atoms with E-state index >= 15 is 0 Å². The molecule has 73 valence electrons. The van der Waals surface area contributed by atoms with Crippen LogP contribution >= 0.6 is 0 Å². The zero-order valence-electron chi connectivity index (χ0n) is 7.09. The van der Waals surface area contributed by atoms with Gasteiger partial charge < -0.3 is 15.5 Å². The normalized spacial score (nSPS) is 11.8. The molecular formula is C7H15MnNO3. The van der Waals surface area contributed by atoms with Gasteiger partial charge in [-0.05, 0) is 19.4 Å². The molecule has 0 amide bonds. The van der Waals surface area contributed by atoms with E-state index in [1.807, 2.05) is 6.92 Å². The van der Waals surface area contributed by atoms with Gasteiger partial charge in [0.2, 0.25) is 0 Å². The van der Waals surface area contributed by atoms with Crippen LogP contribution in [-0.4, -0.2) is 35.4 Å². The van der Waals surface area contributed by atoms with Crippen LogP contribution in [0.15, 0.2) is 0 Å². The average Bonchev–Trinajstić information content (AvgIpc) is 1.97. The number of aliphatic hydroxyl groups excluding tert-OH is 1. The minimum Gasteiger partial charge on any atom is -0.480 e. The molecule has 0 saturated heterocycles. The maximum Gasteiger partial charge on any atom is 0.320 e. The van der Waals surface area contributed by atoms with E-state index < -0.39 is 12.0 Å². The van der Waals surface area contributed by atoms with Crippen LogP contribution in [0.2, 0.25) is 0 Å². The van der Waals surface area contributed by atoms with Gasteiger partial charge in [-0.1, -0.05) is 6.92 Å². The number of hydrogen-bond donors (Lipinski definition) is 3. The third-order valence-corrected chi connectivity index (χ3v) is 1.36. The van der Waals surface area contributed by atoms with Gasteiger partial charge in [0.1, 0.15) is 6.04 Å². The van der Waals surface area contributed by atoms with Gasteiger partial charge in [0, 0.05) is 23.7 Å². The Bertz CT molecular complexity index is 121. The van der Waals surface area contributed by atoms with E-state index in [1.54, 1.807) is 0 Å². The van der Waals surface area contributed by atoms with Gasteiger partial charge in [-0.2, -0.15) is 0 Å². The predicted octanol–water partition coefficient (Wildman–Crippen LogP) is -0.181. The Balaban J connectivity index is 0. The number of carbonyl (C=O) groups is 1. The molecule has 0 aliphatic heterocycles. The van der Waals surface area contributed by atoms with Gasteiger partial charge in [0.25, 0.3) is 0 Å². The van der Waals surface area contributed by atoms with Crippen molar-refractivity contribution in [3.63, 3.8) is 0 Å². The minimum atomic E-state index is -0.896. The predicted molar refractivity (Wildman–Crippen MR) is 41.4 cm³/mol. The van der Waals surface area contributed by atoms with Gasteiger partial charge in [-0.25, -0.2) is 0 Å². The van der Waals surface area contributed by atoms with Crippen LogP contribution in [0.4, 0.5) is 0 Å². The number of carboxylic acids is 1. The van der Waals surface area contributed by atoms with Crippen molar-refractivity contribution in [1.82, 2.24) is 5.32 Å². The fourth-order valence-electron chi connectivity index (χ4n) is 0.761. The van der Waals surface area contributed by atoms with E-state index in [0.717, 1.165) is 6.42 Å².